The molecule has 1 aromatic rings. The molecule has 0 saturated carbocycles. The second-order valence-corrected chi connectivity index (χ2v) is 4.37. The van der Waals surface area contributed by atoms with Crippen LogP contribution in [0.15, 0.2) is 6.20 Å². The summed E-state index contributed by atoms with van der Waals surface area (Å²) in [6.07, 6.45) is 5.69. The van der Waals surface area contributed by atoms with Crippen molar-refractivity contribution in [2.75, 3.05) is 13.1 Å². The highest BCUT2D eigenvalue weighted by Crippen LogP contribution is 2.17. The summed E-state index contributed by atoms with van der Waals surface area (Å²) in [5.74, 6) is 0. The molecule has 0 aliphatic carbocycles. The summed E-state index contributed by atoms with van der Waals surface area (Å²) < 4.78 is 1.85. The maximum atomic E-state index is 8.93. The molecule has 5 heteroatoms. The van der Waals surface area contributed by atoms with Crippen molar-refractivity contribution in [3.05, 3.63) is 11.9 Å². The lowest BCUT2D eigenvalue weighted by Gasteiger charge is -2.34. The lowest BCUT2D eigenvalue weighted by molar-refractivity contribution is 0.136. The van der Waals surface area contributed by atoms with E-state index in [0.29, 0.717) is 11.7 Å². The smallest absolute Gasteiger partial charge is 0.108 e. The number of rotatable bonds is 4. The molecule has 1 aliphatic rings. The molecule has 2 rings (SSSR count). The van der Waals surface area contributed by atoms with Crippen LogP contribution in [0.2, 0.25) is 0 Å². The maximum absolute atomic E-state index is 8.93. The number of hydrogen-bond acceptors (Lipinski definition) is 4. The number of likely N-dealkylation sites (tertiary alicyclic amines) is 1. The van der Waals surface area contributed by atoms with Gasteiger partial charge in [0.15, 0.2) is 0 Å². The molecule has 5 nitrogen and oxygen atoms in total. The van der Waals surface area contributed by atoms with Crippen LogP contribution in [-0.2, 0) is 13.2 Å². The van der Waals surface area contributed by atoms with Crippen LogP contribution in [-0.4, -0.2) is 44.1 Å². The average Bonchev–Trinajstić information content (AvgIpc) is 2.77. The second-order valence-electron chi connectivity index (χ2n) is 4.37. The van der Waals surface area contributed by atoms with E-state index in [0.717, 1.165) is 13.1 Å². The Hall–Kier alpha value is -0.940. The Kier molecular flexibility index (Phi) is 3.90. The van der Waals surface area contributed by atoms with Gasteiger partial charge in [-0.1, -0.05) is 18.6 Å². The van der Waals surface area contributed by atoms with Crippen LogP contribution in [0.3, 0.4) is 0 Å². The summed E-state index contributed by atoms with van der Waals surface area (Å²) >= 11 is 0. The fourth-order valence-corrected chi connectivity index (χ4v) is 2.40. The Bertz CT molecular complexity index is 326. The van der Waals surface area contributed by atoms with Crippen molar-refractivity contribution in [3.8, 4) is 0 Å². The van der Waals surface area contributed by atoms with E-state index in [4.69, 9.17) is 5.11 Å². The van der Waals surface area contributed by atoms with Crippen molar-refractivity contribution in [2.24, 2.45) is 0 Å². The molecule has 0 spiro atoms. The van der Waals surface area contributed by atoms with Crippen LogP contribution in [0.4, 0.5) is 0 Å². The number of piperidine rings is 1. The summed E-state index contributed by atoms with van der Waals surface area (Å²) in [5.41, 5.74) is 0.652. The Morgan fingerprint density at radius 1 is 1.50 bits per heavy atom. The first-order valence-corrected chi connectivity index (χ1v) is 6.07. The molecule has 0 amide bonds. The summed E-state index contributed by atoms with van der Waals surface area (Å²) in [4.78, 5) is 2.50. The number of aliphatic hydroxyl groups excluding tert-OH is 1. The molecule has 90 valence electrons. The zero-order valence-corrected chi connectivity index (χ0v) is 9.84. The van der Waals surface area contributed by atoms with Crippen LogP contribution in [0.1, 0.15) is 31.9 Å². The molecule has 1 N–H and O–H groups in total. The predicted octanol–water partition coefficient (Wildman–Crippen LogP) is 0.645. The largest absolute Gasteiger partial charge is 0.390 e. The van der Waals surface area contributed by atoms with Gasteiger partial charge in [-0.15, -0.1) is 5.10 Å². The minimum Gasteiger partial charge on any atom is -0.390 e. The van der Waals surface area contributed by atoms with Gasteiger partial charge in [0.25, 0.3) is 0 Å². The lowest BCUT2D eigenvalue weighted by atomic mass is 10.0. The standard InChI is InChI=1S/C11H20N4O/c1-2-14-6-4-3-5-11(14)8-15-7-10(9-16)12-13-15/h7,11,16H,2-6,8-9H2,1H3/t11-/m0/s1. The summed E-state index contributed by atoms with van der Waals surface area (Å²) in [6.45, 7) is 5.37. The second kappa shape index (κ2) is 5.41. The number of nitrogens with zero attached hydrogens (tertiary/aromatic N) is 4. The molecule has 1 aliphatic heterocycles. The van der Waals surface area contributed by atoms with Gasteiger partial charge < -0.3 is 5.11 Å². The number of hydrogen-bond donors (Lipinski definition) is 1. The Morgan fingerprint density at radius 3 is 3.06 bits per heavy atom. The van der Waals surface area contributed by atoms with E-state index in [2.05, 4.69) is 22.1 Å². The first kappa shape index (κ1) is 11.5. The Balaban J connectivity index is 1.96. The fourth-order valence-electron chi connectivity index (χ4n) is 2.40. The van der Waals surface area contributed by atoms with Crippen LogP contribution < -0.4 is 0 Å². The fraction of sp³-hybridized carbons (Fsp3) is 0.818. The molecule has 1 atom stereocenters. The molecule has 16 heavy (non-hydrogen) atoms. The molecule has 0 unspecified atom stereocenters. The highest BCUT2D eigenvalue weighted by atomic mass is 16.3. The molecular formula is C11H20N4O. The third-order valence-electron chi connectivity index (χ3n) is 3.30. The van der Waals surface area contributed by atoms with Crippen molar-refractivity contribution in [3.63, 3.8) is 0 Å². The first-order valence-electron chi connectivity index (χ1n) is 6.07. The van der Waals surface area contributed by atoms with E-state index in [-0.39, 0.29) is 6.61 Å². The van der Waals surface area contributed by atoms with E-state index in [9.17, 15) is 0 Å². The summed E-state index contributed by atoms with van der Waals surface area (Å²) in [7, 11) is 0. The van der Waals surface area contributed by atoms with Crippen LogP contribution in [0, 0.1) is 0 Å². The molecule has 1 fully saturated rings. The van der Waals surface area contributed by atoms with Crippen LogP contribution >= 0.6 is 0 Å². The third kappa shape index (κ3) is 2.59. The van der Waals surface area contributed by atoms with E-state index in [1.165, 1.54) is 25.8 Å². The molecule has 0 radical (unpaired) electrons. The van der Waals surface area contributed by atoms with Crippen LogP contribution in [0.5, 0.6) is 0 Å². The predicted molar refractivity (Wildman–Crippen MR) is 60.8 cm³/mol. The van der Waals surface area contributed by atoms with E-state index >= 15 is 0 Å². The lowest BCUT2D eigenvalue weighted by Crippen LogP contribution is -2.41. The van der Waals surface area contributed by atoms with Gasteiger partial charge in [0.1, 0.15) is 5.69 Å². The van der Waals surface area contributed by atoms with Crippen molar-refractivity contribution in [2.45, 2.75) is 45.4 Å². The number of aliphatic hydroxyl groups is 1. The van der Waals surface area contributed by atoms with Crippen molar-refractivity contribution >= 4 is 0 Å². The normalized spacial score (nSPS) is 22.5. The topological polar surface area (TPSA) is 54.2 Å². The minimum absolute atomic E-state index is 0.0256. The quantitative estimate of drug-likeness (QED) is 0.815. The molecule has 1 saturated heterocycles. The van der Waals surface area contributed by atoms with Gasteiger partial charge in [0.05, 0.1) is 19.3 Å². The molecule has 1 aromatic heterocycles. The van der Waals surface area contributed by atoms with Gasteiger partial charge in [0, 0.05) is 6.04 Å². The van der Waals surface area contributed by atoms with Gasteiger partial charge in [-0.05, 0) is 25.9 Å². The molecular weight excluding hydrogens is 204 g/mol. The zero-order valence-electron chi connectivity index (χ0n) is 9.84. The molecule has 2 heterocycles. The number of likely N-dealkylation sites (N-methyl/N-ethyl adjacent to an activating group) is 1. The van der Waals surface area contributed by atoms with E-state index < -0.39 is 0 Å². The maximum Gasteiger partial charge on any atom is 0.108 e. The van der Waals surface area contributed by atoms with E-state index in [1.54, 1.807) is 0 Å². The molecule has 0 bridgehead atoms. The van der Waals surface area contributed by atoms with Gasteiger partial charge in [-0.2, -0.15) is 0 Å². The van der Waals surface area contributed by atoms with Crippen LogP contribution in [0.25, 0.3) is 0 Å². The first-order chi connectivity index (χ1) is 7.83. The molecule has 0 aromatic carbocycles. The van der Waals surface area contributed by atoms with Gasteiger partial charge in [0.2, 0.25) is 0 Å². The SMILES string of the molecule is CCN1CCCC[C@H]1Cn1cc(CO)nn1. The highest BCUT2D eigenvalue weighted by molar-refractivity contribution is 4.90. The van der Waals surface area contributed by atoms with Gasteiger partial charge >= 0.3 is 0 Å². The third-order valence-corrected chi connectivity index (χ3v) is 3.30. The van der Waals surface area contributed by atoms with Gasteiger partial charge in [-0.3, -0.25) is 9.58 Å². The number of aromatic nitrogens is 3. The van der Waals surface area contributed by atoms with Crippen molar-refractivity contribution in [1.29, 1.82) is 0 Å². The summed E-state index contributed by atoms with van der Waals surface area (Å²) in [5, 5.41) is 16.9. The Labute approximate surface area is 96.1 Å². The average molecular weight is 224 g/mol. The zero-order chi connectivity index (χ0) is 11.4. The van der Waals surface area contributed by atoms with Crippen molar-refractivity contribution < 1.29 is 5.11 Å². The van der Waals surface area contributed by atoms with E-state index in [1.807, 2.05) is 10.9 Å². The highest BCUT2D eigenvalue weighted by Gasteiger charge is 2.21. The summed E-state index contributed by atoms with van der Waals surface area (Å²) in [6, 6.07) is 0.576. The van der Waals surface area contributed by atoms with Gasteiger partial charge in [-0.25, -0.2) is 0 Å². The Morgan fingerprint density at radius 2 is 2.38 bits per heavy atom. The minimum atomic E-state index is -0.0256. The monoisotopic (exact) mass is 224 g/mol. The van der Waals surface area contributed by atoms with Crippen molar-refractivity contribution in [1.82, 2.24) is 19.9 Å².